The highest BCUT2D eigenvalue weighted by molar-refractivity contribution is 7.91. The van der Waals surface area contributed by atoms with Crippen LogP contribution in [0.5, 0.6) is 5.75 Å². The minimum absolute atomic E-state index is 0.0960. The van der Waals surface area contributed by atoms with Crippen molar-refractivity contribution in [3.05, 3.63) is 60.2 Å². The van der Waals surface area contributed by atoms with Crippen LogP contribution in [0.4, 0.5) is 23.2 Å². The average Bonchev–Trinajstić information content (AvgIpc) is 2.49. The molecule has 0 aliphatic heterocycles. The third kappa shape index (κ3) is 5.12. The van der Waals surface area contributed by atoms with Crippen molar-refractivity contribution in [2.24, 2.45) is 0 Å². The number of nitrogens with one attached hydrogen (secondary N) is 1. The molecule has 4 nitrogen and oxygen atoms in total. The van der Waals surface area contributed by atoms with Gasteiger partial charge in [0.1, 0.15) is 5.75 Å². The maximum atomic E-state index is 12.8. The molecule has 0 aliphatic carbocycles. The Morgan fingerprint density at radius 2 is 1.58 bits per heavy atom. The molecule has 0 atom stereocenters. The zero-order chi connectivity index (χ0) is 17.8. The lowest BCUT2D eigenvalue weighted by Gasteiger charge is -2.17. The van der Waals surface area contributed by atoms with Gasteiger partial charge in [-0.05, 0) is 29.8 Å². The zero-order valence-corrected chi connectivity index (χ0v) is 12.9. The fourth-order valence-electron chi connectivity index (χ4n) is 1.80. The van der Waals surface area contributed by atoms with E-state index in [-0.39, 0.29) is 11.4 Å². The summed E-state index contributed by atoms with van der Waals surface area (Å²) in [5.74, 6) is -0.776. The number of sulfonamides is 1. The highest BCUT2D eigenvalue weighted by Gasteiger charge is 2.43. The Kier molecular flexibility index (Phi) is 5.33. The summed E-state index contributed by atoms with van der Waals surface area (Å²) in [6, 6.07) is 12.6. The van der Waals surface area contributed by atoms with Crippen molar-refractivity contribution in [3.63, 3.8) is 0 Å². The number of rotatable bonds is 7. The number of anilines is 1. The van der Waals surface area contributed by atoms with Gasteiger partial charge in [-0.15, -0.1) is 0 Å². The molecule has 9 heteroatoms. The number of alkyl halides is 4. The van der Waals surface area contributed by atoms with Gasteiger partial charge in [0, 0.05) is 5.69 Å². The van der Waals surface area contributed by atoms with E-state index in [2.05, 4.69) is 9.46 Å². The zero-order valence-electron chi connectivity index (χ0n) is 12.1. The quantitative estimate of drug-likeness (QED) is 0.760. The third-order valence-electron chi connectivity index (χ3n) is 2.84. The van der Waals surface area contributed by atoms with Crippen LogP contribution >= 0.6 is 0 Å². The molecular formula is C15H13F4NO3S. The highest BCUT2D eigenvalue weighted by Crippen LogP contribution is 2.28. The predicted molar refractivity (Wildman–Crippen MR) is 80.7 cm³/mol. The van der Waals surface area contributed by atoms with E-state index in [9.17, 15) is 26.0 Å². The number of hydrogen-bond acceptors (Lipinski definition) is 3. The van der Waals surface area contributed by atoms with Gasteiger partial charge in [-0.3, -0.25) is 4.72 Å². The fourth-order valence-corrected chi connectivity index (χ4v) is 3.00. The summed E-state index contributed by atoms with van der Waals surface area (Å²) in [6.07, 6.45) is -8.59. The maximum Gasteiger partial charge on any atom is 0.461 e. The summed E-state index contributed by atoms with van der Waals surface area (Å²) in [5, 5.41) is 0. The van der Waals surface area contributed by atoms with Gasteiger partial charge >= 0.3 is 12.5 Å². The van der Waals surface area contributed by atoms with Crippen LogP contribution < -0.4 is 9.46 Å². The van der Waals surface area contributed by atoms with Gasteiger partial charge in [0.25, 0.3) is 0 Å². The minimum atomic E-state index is -4.62. The van der Waals surface area contributed by atoms with Crippen LogP contribution in [0.2, 0.25) is 0 Å². The van der Waals surface area contributed by atoms with Crippen molar-refractivity contribution < 1.29 is 30.7 Å². The monoisotopic (exact) mass is 363 g/mol. The molecule has 0 aliphatic rings. The molecule has 2 aromatic rings. The standard InChI is InChI=1S/C15H13F4NO3S/c16-14(17)15(18,19)23-13-8-6-12(7-9-13)20-24(21,22)10-11-4-2-1-3-5-11/h1-9,14,20H,10H2. The van der Waals surface area contributed by atoms with E-state index in [1.807, 2.05) is 0 Å². The lowest BCUT2D eigenvalue weighted by molar-refractivity contribution is -0.253. The Morgan fingerprint density at radius 3 is 2.12 bits per heavy atom. The second kappa shape index (κ2) is 7.08. The number of halogens is 4. The van der Waals surface area contributed by atoms with Crippen LogP contribution in [0.15, 0.2) is 54.6 Å². The van der Waals surface area contributed by atoms with E-state index in [0.29, 0.717) is 5.56 Å². The molecule has 0 heterocycles. The molecule has 0 bridgehead atoms. The molecule has 130 valence electrons. The molecule has 0 saturated heterocycles. The van der Waals surface area contributed by atoms with E-state index in [4.69, 9.17) is 0 Å². The number of hydrogen-bond donors (Lipinski definition) is 1. The first-order valence-electron chi connectivity index (χ1n) is 6.67. The van der Waals surface area contributed by atoms with Crippen molar-refractivity contribution >= 4 is 15.7 Å². The lowest BCUT2D eigenvalue weighted by Crippen LogP contribution is -2.33. The van der Waals surface area contributed by atoms with E-state index in [1.54, 1.807) is 30.3 Å². The van der Waals surface area contributed by atoms with Gasteiger partial charge in [0.05, 0.1) is 5.75 Å². The van der Waals surface area contributed by atoms with Gasteiger partial charge < -0.3 is 4.74 Å². The first-order chi connectivity index (χ1) is 11.2. The molecule has 0 saturated carbocycles. The van der Waals surface area contributed by atoms with Crippen molar-refractivity contribution in [1.29, 1.82) is 0 Å². The molecule has 0 amide bonds. The van der Waals surface area contributed by atoms with Crippen molar-refractivity contribution in [3.8, 4) is 5.75 Å². The van der Waals surface area contributed by atoms with Gasteiger partial charge in [0.15, 0.2) is 0 Å². The molecule has 0 fully saturated rings. The van der Waals surface area contributed by atoms with Crippen LogP contribution in [0, 0.1) is 0 Å². The molecule has 0 radical (unpaired) electrons. The molecule has 24 heavy (non-hydrogen) atoms. The van der Waals surface area contributed by atoms with Crippen molar-refractivity contribution in [1.82, 2.24) is 0 Å². The topological polar surface area (TPSA) is 55.4 Å². The van der Waals surface area contributed by atoms with E-state index in [0.717, 1.165) is 24.3 Å². The van der Waals surface area contributed by atoms with Crippen LogP contribution in [0.25, 0.3) is 0 Å². The molecule has 1 N–H and O–H groups in total. The molecule has 0 aromatic heterocycles. The Balaban J connectivity index is 2.03. The van der Waals surface area contributed by atoms with Gasteiger partial charge in [0.2, 0.25) is 10.0 Å². The van der Waals surface area contributed by atoms with Gasteiger partial charge in [-0.2, -0.15) is 17.6 Å². The van der Waals surface area contributed by atoms with E-state index >= 15 is 0 Å². The molecule has 2 aromatic carbocycles. The Bertz CT molecular complexity index is 765. The summed E-state index contributed by atoms with van der Waals surface area (Å²) < 4.78 is 79.8. The smallest absolute Gasteiger partial charge is 0.428 e. The molecule has 0 unspecified atom stereocenters. The van der Waals surface area contributed by atoms with E-state index < -0.39 is 28.3 Å². The number of ether oxygens (including phenoxy) is 1. The second-order valence-electron chi connectivity index (χ2n) is 4.84. The molecule has 2 rings (SSSR count). The lowest BCUT2D eigenvalue weighted by atomic mass is 10.2. The van der Waals surface area contributed by atoms with Crippen molar-refractivity contribution in [2.75, 3.05) is 4.72 Å². The largest absolute Gasteiger partial charge is 0.461 e. The van der Waals surface area contributed by atoms with Crippen LogP contribution in [-0.2, 0) is 15.8 Å². The second-order valence-corrected chi connectivity index (χ2v) is 6.56. The summed E-state index contributed by atoms with van der Waals surface area (Å²) in [6.45, 7) is 0. The van der Waals surface area contributed by atoms with E-state index in [1.165, 1.54) is 0 Å². The first-order valence-corrected chi connectivity index (χ1v) is 8.33. The first kappa shape index (κ1) is 18.1. The molecule has 0 spiro atoms. The highest BCUT2D eigenvalue weighted by atomic mass is 32.2. The summed E-state index contributed by atoms with van der Waals surface area (Å²) in [4.78, 5) is 0. The summed E-state index contributed by atoms with van der Waals surface area (Å²) in [7, 11) is -3.71. The Labute approximate surface area is 136 Å². The van der Waals surface area contributed by atoms with Crippen LogP contribution in [0.3, 0.4) is 0 Å². The predicted octanol–water partition coefficient (Wildman–Crippen LogP) is 3.87. The Hall–Kier alpha value is -2.29. The normalized spacial score (nSPS) is 12.2. The average molecular weight is 363 g/mol. The van der Waals surface area contributed by atoms with Gasteiger partial charge in [-0.1, -0.05) is 30.3 Å². The van der Waals surface area contributed by atoms with Crippen LogP contribution in [0.1, 0.15) is 5.56 Å². The Morgan fingerprint density at radius 1 is 1.00 bits per heavy atom. The van der Waals surface area contributed by atoms with Crippen LogP contribution in [-0.4, -0.2) is 21.0 Å². The number of benzene rings is 2. The minimum Gasteiger partial charge on any atom is -0.428 e. The summed E-state index contributed by atoms with van der Waals surface area (Å²) in [5.41, 5.74) is 0.667. The molecular weight excluding hydrogens is 350 g/mol. The van der Waals surface area contributed by atoms with Gasteiger partial charge in [-0.25, -0.2) is 8.42 Å². The summed E-state index contributed by atoms with van der Waals surface area (Å²) >= 11 is 0. The third-order valence-corrected chi connectivity index (χ3v) is 4.10. The van der Waals surface area contributed by atoms with Crippen molar-refractivity contribution in [2.45, 2.75) is 18.3 Å². The SMILES string of the molecule is O=S(=O)(Cc1ccccc1)Nc1ccc(OC(F)(F)C(F)F)cc1. The fraction of sp³-hybridized carbons (Fsp3) is 0.200. The maximum absolute atomic E-state index is 12.8.